The number of hydrogen-bond donors (Lipinski definition) is 0. The lowest BCUT2D eigenvalue weighted by Gasteiger charge is -1.97. The van der Waals surface area contributed by atoms with E-state index < -0.39 is 0 Å². The van der Waals surface area contributed by atoms with Gasteiger partial charge in [0.15, 0.2) is 0 Å². The molecule has 0 radical (unpaired) electrons. The fraction of sp³-hybridized carbons (Fsp3) is 0.500. The predicted molar refractivity (Wildman–Crippen MR) is 66.4 cm³/mol. The molecule has 0 aromatic carbocycles. The maximum absolute atomic E-state index is 8.26. The molecule has 0 aliphatic rings. The van der Waals surface area contributed by atoms with Gasteiger partial charge < -0.3 is 0 Å². The number of nitriles is 1. The molecule has 0 N–H and O–H groups in total. The van der Waals surface area contributed by atoms with E-state index in [0.29, 0.717) is 0 Å². The molecule has 0 bridgehead atoms. The summed E-state index contributed by atoms with van der Waals surface area (Å²) in [4.78, 5) is 0. The van der Waals surface area contributed by atoms with Crippen LogP contribution in [0.15, 0.2) is 37.0 Å². The van der Waals surface area contributed by atoms with E-state index in [0.717, 1.165) is 6.42 Å². The second-order valence-corrected chi connectivity index (χ2v) is 3.54. The zero-order valence-electron chi connectivity index (χ0n) is 9.49. The quantitative estimate of drug-likeness (QED) is 0.306. The van der Waals surface area contributed by atoms with Gasteiger partial charge in [-0.05, 0) is 25.7 Å². The van der Waals surface area contributed by atoms with Crippen molar-refractivity contribution >= 4 is 0 Å². The molecule has 0 heterocycles. The first kappa shape index (κ1) is 13.7. The minimum atomic E-state index is 1.05. The van der Waals surface area contributed by atoms with Crippen molar-refractivity contribution in [3.05, 3.63) is 37.0 Å². The van der Waals surface area contributed by atoms with Gasteiger partial charge in [0.1, 0.15) is 0 Å². The molecule has 1 nitrogen and oxygen atoms in total. The second kappa shape index (κ2) is 12.7. The largest absolute Gasteiger partial charge is 0.193 e. The van der Waals surface area contributed by atoms with Crippen LogP contribution in [-0.4, -0.2) is 0 Å². The van der Waals surface area contributed by atoms with E-state index in [-0.39, 0.29) is 0 Å². The Morgan fingerprint density at radius 1 is 0.933 bits per heavy atom. The summed E-state index contributed by atoms with van der Waals surface area (Å²) in [5.74, 6) is 0. The van der Waals surface area contributed by atoms with Gasteiger partial charge in [-0.2, -0.15) is 5.26 Å². The van der Waals surface area contributed by atoms with E-state index in [1.807, 2.05) is 24.3 Å². The summed E-state index contributed by atoms with van der Waals surface area (Å²) in [6.45, 7) is 3.63. The summed E-state index contributed by atoms with van der Waals surface area (Å²) in [6.07, 6.45) is 18.1. The Bertz CT molecular complexity index is 230. The van der Waals surface area contributed by atoms with Crippen molar-refractivity contribution in [2.45, 2.75) is 44.9 Å². The molecule has 0 rings (SSSR count). The van der Waals surface area contributed by atoms with Crippen LogP contribution in [0.5, 0.6) is 0 Å². The summed E-state index contributed by atoms with van der Waals surface area (Å²) in [5, 5.41) is 8.26. The Labute approximate surface area is 93.8 Å². The Balaban J connectivity index is 3.05. The van der Waals surface area contributed by atoms with Crippen LogP contribution in [0.4, 0.5) is 0 Å². The molecular weight excluding hydrogens is 182 g/mol. The van der Waals surface area contributed by atoms with Crippen LogP contribution in [-0.2, 0) is 0 Å². The molecule has 0 aliphatic heterocycles. The van der Waals surface area contributed by atoms with Crippen molar-refractivity contribution in [3.63, 3.8) is 0 Å². The molecule has 0 atom stereocenters. The lowest BCUT2D eigenvalue weighted by Crippen LogP contribution is -1.78. The smallest absolute Gasteiger partial charge is 0.0908 e. The van der Waals surface area contributed by atoms with Gasteiger partial charge in [0.2, 0.25) is 0 Å². The lowest BCUT2D eigenvalue weighted by molar-refractivity contribution is 0.622. The lowest BCUT2D eigenvalue weighted by atomic mass is 10.1. The van der Waals surface area contributed by atoms with E-state index in [4.69, 9.17) is 5.26 Å². The maximum atomic E-state index is 8.26. The van der Waals surface area contributed by atoms with Crippen LogP contribution in [0.25, 0.3) is 0 Å². The molecule has 0 amide bonds. The van der Waals surface area contributed by atoms with Gasteiger partial charge in [-0.15, -0.1) is 0 Å². The summed E-state index contributed by atoms with van der Waals surface area (Å²) in [6, 6.07) is 2.00. The minimum Gasteiger partial charge on any atom is -0.193 e. The average Bonchev–Trinajstić information content (AvgIpc) is 2.26. The SMILES string of the molecule is C=C/C=C/CCCCCCC/C=C/C#N. The number of hydrogen-bond acceptors (Lipinski definition) is 1. The Hall–Kier alpha value is -1.29. The van der Waals surface area contributed by atoms with Gasteiger partial charge in [0, 0.05) is 6.08 Å². The van der Waals surface area contributed by atoms with Crippen LogP contribution in [0.2, 0.25) is 0 Å². The molecule has 0 aromatic heterocycles. The standard InChI is InChI=1S/C14H21N/c1-2-3-4-5-6-7-8-9-10-11-12-13-14-15/h2-4,12-13H,1,5-11H2/b4-3+,13-12+. The molecule has 0 spiro atoms. The number of nitrogens with zero attached hydrogens (tertiary/aromatic N) is 1. The maximum Gasteiger partial charge on any atom is 0.0908 e. The van der Waals surface area contributed by atoms with Crippen molar-refractivity contribution < 1.29 is 0 Å². The Kier molecular flexibility index (Phi) is 11.6. The minimum absolute atomic E-state index is 1.05. The van der Waals surface area contributed by atoms with Crippen molar-refractivity contribution in [3.8, 4) is 6.07 Å². The van der Waals surface area contributed by atoms with E-state index in [2.05, 4.69) is 12.7 Å². The summed E-state index contributed by atoms with van der Waals surface area (Å²) >= 11 is 0. The zero-order chi connectivity index (χ0) is 11.2. The van der Waals surface area contributed by atoms with Gasteiger partial charge in [0.25, 0.3) is 0 Å². The summed E-state index contributed by atoms with van der Waals surface area (Å²) in [7, 11) is 0. The van der Waals surface area contributed by atoms with E-state index in [1.54, 1.807) is 6.08 Å². The molecule has 15 heavy (non-hydrogen) atoms. The highest BCUT2D eigenvalue weighted by atomic mass is 14.2. The second-order valence-electron chi connectivity index (χ2n) is 3.54. The van der Waals surface area contributed by atoms with Crippen molar-refractivity contribution in [2.24, 2.45) is 0 Å². The molecule has 0 aromatic rings. The third kappa shape index (κ3) is 12.7. The van der Waals surface area contributed by atoms with E-state index >= 15 is 0 Å². The molecule has 0 unspecified atom stereocenters. The van der Waals surface area contributed by atoms with Crippen molar-refractivity contribution in [1.29, 1.82) is 5.26 Å². The van der Waals surface area contributed by atoms with E-state index in [1.165, 1.54) is 38.5 Å². The van der Waals surface area contributed by atoms with Gasteiger partial charge >= 0.3 is 0 Å². The topological polar surface area (TPSA) is 23.8 Å². The molecule has 0 fully saturated rings. The van der Waals surface area contributed by atoms with Crippen LogP contribution >= 0.6 is 0 Å². The molecule has 0 aliphatic carbocycles. The highest BCUT2D eigenvalue weighted by Gasteiger charge is 1.88. The summed E-state index contributed by atoms with van der Waals surface area (Å²) in [5.41, 5.74) is 0. The highest BCUT2D eigenvalue weighted by molar-refractivity contribution is 5.01. The highest BCUT2D eigenvalue weighted by Crippen LogP contribution is 2.07. The monoisotopic (exact) mass is 203 g/mol. The molecule has 0 saturated carbocycles. The van der Waals surface area contributed by atoms with Crippen LogP contribution in [0.1, 0.15) is 44.9 Å². The van der Waals surface area contributed by atoms with Gasteiger partial charge in [0.05, 0.1) is 6.07 Å². The van der Waals surface area contributed by atoms with Gasteiger partial charge in [-0.3, -0.25) is 0 Å². The third-order valence-corrected chi connectivity index (χ3v) is 2.21. The first-order valence-corrected chi connectivity index (χ1v) is 5.74. The molecular formula is C14H21N. The number of rotatable bonds is 9. The van der Waals surface area contributed by atoms with Gasteiger partial charge in [-0.1, -0.05) is 50.1 Å². The Morgan fingerprint density at radius 3 is 2.13 bits per heavy atom. The molecule has 1 heteroatoms. The zero-order valence-corrected chi connectivity index (χ0v) is 9.49. The van der Waals surface area contributed by atoms with Crippen LogP contribution < -0.4 is 0 Å². The van der Waals surface area contributed by atoms with Crippen molar-refractivity contribution in [2.75, 3.05) is 0 Å². The number of allylic oxidation sites excluding steroid dienone is 5. The first-order valence-electron chi connectivity index (χ1n) is 5.74. The average molecular weight is 203 g/mol. The van der Waals surface area contributed by atoms with Crippen LogP contribution in [0, 0.1) is 11.3 Å². The van der Waals surface area contributed by atoms with E-state index in [9.17, 15) is 0 Å². The molecule has 82 valence electrons. The number of unbranched alkanes of at least 4 members (excludes halogenated alkanes) is 6. The third-order valence-electron chi connectivity index (χ3n) is 2.21. The fourth-order valence-corrected chi connectivity index (χ4v) is 1.38. The fourth-order valence-electron chi connectivity index (χ4n) is 1.38. The summed E-state index contributed by atoms with van der Waals surface area (Å²) < 4.78 is 0. The van der Waals surface area contributed by atoms with Crippen LogP contribution in [0.3, 0.4) is 0 Å². The predicted octanol–water partition coefficient (Wildman–Crippen LogP) is 4.54. The van der Waals surface area contributed by atoms with Gasteiger partial charge in [-0.25, -0.2) is 0 Å². The van der Waals surface area contributed by atoms with Crippen molar-refractivity contribution in [1.82, 2.24) is 0 Å². The first-order chi connectivity index (χ1) is 7.41. The molecule has 0 saturated heterocycles. The normalized spacial score (nSPS) is 10.9. The Morgan fingerprint density at radius 2 is 1.53 bits per heavy atom.